The van der Waals surface area contributed by atoms with Crippen molar-refractivity contribution in [2.75, 3.05) is 0 Å². The van der Waals surface area contributed by atoms with Crippen LogP contribution in [0.5, 0.6) is 11.5 Å². The van der Waals surface area contributed by atoms with Gasteiger partial charge in [0.05, 0.1) is 17.2 Å². The average molecular weight is 317 g/mol. The van der Waals surface area contributed by atoms with Crippen LogP contribution in [0.25, 0.3) is 0 Å². The molecule has 1 aromatic heterocycles. The van der Waals surface area contributed by atoms with E-state index in [0.717, 1.165) is 0 Å². The topological polar surface area (TPSA) is 78.6 Å². The zero-order chi connectivity index (χ0) is 15.1. The summed E-state index contributed by atoms with van der Waals surface area (Å²) in [6.07, 6.45) is -2.53. The molecular formula is C12H9F2NO5S. The third-order valence-corrected chi connectivity index (χ3v) is 4.23. The Morgan fingerprint density at radius 3 is 2.67 bits per heavy atom. The van der Waals surface area contributed by atoms with Gasteiger partial charge in [-0.25, -0.2) is 8.42 Å². The first-order valence-corrected chi connectivity index (χ1v) is 7.64. The van der Waals surface area contributed by atoms with Gasteiger partial charge in [-0.15, -0.1) is 8.78 Å². The van der Waals surface area contributed by atoms with Gasteiger partial charge in [0.25, 0.3) is 0 Å². The Bertz CT molecular complexity index is 758. The molecule has 2 heterocycles. The lowest BCUT2D eigenvalue weighted by atomic mass is 10.2. The fourth-order valence-corrected chi connectivity index (χ4v) is 3.37. The summed E-state index contributed by atoms with van der Waals surface area (Å²) in [6.45, 7) is 0. The molecule has 0 amide bonds. The fraction of sp³-hybridized carbons (Fsp3) is 0.250. The van der Waals surface area contributed by atoms with Crippen LogP contribution in [-0.4, -0.2) is 19.9 Å². The van der Waals surface area contributed by atoms with Gasteiger partial charge in [0.1, 0.15) is 6.26 Å². The third kappa shape index (κ3) is 2.97. The maximum absolute atomic E-state index is 13.0. The molecule has 9 heteroatoms. The zero-order valence-corrected chi connectivity index (χ0v) is 11.3. The number of ether oxygens (including phenoxy) is 2. The molecule has 0 saturated carbocycles. The molecule has 0 bridgehead atoms. The number of halogens is 2. The summed E-state index contributed by atoms with van der Waals surface area (Å²) in [5.74, 6) is -1.27. The highest BCUT2D eigenvalue weighted by atomic mass is 32.2. The number of hydrogen-bond acceptors (Lipinski definition) is 6. The highest BCUT2D eigenvalue weighted by Crippen LogP contribution is 2.43. The summed E-state index contributed by atoms with van der Waals surface area (Å²) in [6, 6.07) is 5.51. The number of alkyl halides is 2. The summed E-state index contributed by atoms with van der Waals surface area (Å²) in [7, 11) is -3.62. The Morgan fingerprint density at radius 1 is 1.14 bits per heavy atom. The molecule has 0 atom stereocenters. The molecule has 112 valence electrons. The van der Waals surface area contributed by atoms with Crippen LogP contribution < -0.4 is 9.47 Å². The molecule has 1 aliphatic heterocycles. The normalized spacial score (nSPS) is 16.1. The van der Waals surface area contributed by atoms with Gasteiger partial charge in [0.2, 0.25) is 0 Å². The van der Waals surface area contributed by atoms with E-state index >= 15 is 0 Å². The van der Waals surface area contributed by atoms with Crippen LogP contribution in [0.4, 0.5) is 8.78 Å². The summed E-state index contributed by atoms with van der Waals surface area (Å²) in [4.78, 5) is 0. The molecule has 0 unspecified atom stereocenters. The van der Waals surface area contributed by atoms with Crippen LogP contribution in [0, 0.1) is 0 Å². The van der Waals surface area contributed by atoms with Crippen LogP contribution in [0.2, 0.25) is 0 Å². The summed E-state index contributed by atoms with van der Waals surface area (Å²) in [5.41, 5.74) is 0.346. The molecule has 0 N–H and O–H groups in total. The van der Waals surface area contributed by atoms with Crippen molar-refractivity contribution in [1.29, 1.82) is 0 Å². The van der Waals surface area contributed by atoms with Gasteiger partial charge in [0.15, 0.2) is 21.3 Å². The lowest BCUT2D eigenvalue weighted by Crippen LogP contribution is -2.26. The molecule has 21 heavy (non-hydrogen) atoms. The van der Waals surface area contributed by atoms with Crippen LogP contribution in [0.3, 0.4) is 0 Å². The lowest BCUT2D eigenvalue weighted by Gasteiger charge is -2.07. The fourth-order valence-electron chi connectivity index (χ4n) is 1.96. The summed E-state index contributed by atoms with van der Waals surface area (Å²) < 4.78 is 63.4. The first kappa shape index (κ1) is 13.8. The van der Waals surface area contributed by atoms with Crippen molar-refractivity contribution >= 4 is 9.84 Å². The Kier molecular flexibility index (Phi) is 3.08. The average Bonchev–Trinajstić information content (AvgIpc) is 2.94. The van der Waals surface area contributed by atoms with E-state index in [1.54, 1.807) is 0 Å². The van der Waals surface area contributed by atoms with E-state index in [2.05, 4.69) is 19.2 Å². The zero-order valence-electron chi connectivity index (χ0n) is 10.5. The van der Waals surface area contributed by atoms with E-state index < -0.39 is 21.9 Å². The number of aromatic nitrogens is 1. The summed E-state index contributed by atoms with van der Waals surface area (Å²) >= 11 is 0. The van der Waals surface area contributed by atoms with E-state index in [-0.39, 0.29) is 28.5 Å². The van der Waals surface area contributed by atoms with Gasteiger partial charge in [-0.3, -0.25) is 0 Å². The second-order valence-electron chi connectivity index (χ2n) is 4.43. The van der Waals surface area contributed by atoms with Crippen molar-refractivity contribution in [3.05, 3.63) is 41.8 Å². The number of hydrogen-bond donors (Lipinski definition) is 0. The quantitative estimate of drug-likeness (QED) is 0.859. The van der Waals surface area contributed by atoms with Crippen LogP contribution in [-0.2, 0) is 21.3 Å². The monoisotopic (exact) mass is 317 g/mol. The minimum Gasteiger partial charge on any atom is -0.395 e. The molecule has 0 saturated heterocycles. The molecule has 6 nitrogen and oxygen atoms in total. The highest BCUT2D eigenvalue weighted by molar-refractivity contribution is 7.89. The van der Waals surface area contributed by atoms with Crippen molar-refractivity contribution in [2.45, 2.75) is 17.8 Å². The maximum Gasteiger partial charge on any atom is 0.586 e. The first-order chi connectivity index (χ1) is 9.85. The Labute approximate surface area is 118 Å². The van der Waals surface area contributed by atoms with E-state index in [1.165, 1.54) is 30.5 Å². The molecule has 3 rings (SSSR count). The molecule has 0 aliphatic carbocycles. The van der Waals surface area contributed by atoms with E-state index in [0.29, 0.717) is 0 Å². The van der Waals surface area contributed by atoms with Crippen LogP contribution in [0.1, 0.15) is 11.3 Å². The number of rotatable bonds is 4. The van der Waals surface area contributed by atoms with E-state index in [1.807, 2.05) is 0 Å². The van der Waals surface area contributed by atoms with Gasteiger partial charge in [-0.05, 0) is 6.07 Å². The van der Waals surface area contributed by atoms with Gasteiger partial charge < -0.3 is 14.0 Å². The number of para-hydroxylation sites is 1. The Hall–Kier alpha value is -2.16. The first-order valence-electron chi connectivity index (χ1n) is 5.82. The maximum atomic E-state index is 13.0. The Balaban J connectivity index is 1.85. The molecular weight excluding hydrogens is 308 g/mol. The second-order valence-corrected chi connectivity index (χ2v) is 6.50. The molecule has 1 aromatic carbocycles. The number of nitrogens with zero attached hydrogens (tertiary/aromatic N) is 1. The second kappa shape index (κ2) is 4.69. The number of sulfone groups is 1. The predicted octanol–water partition coefficient (Wildman–Crippen LogP) is 2.11. The van der Waals surface area contributed by atoms with Crippen molar-refractivity contribution < 1.29 is 31.2 Å². The van der Waals surface area contributed by atoms with Crippen LogP contribution in [0.15, 0.2) is 35.1 Å². The predicted molar refractivity (Wildman–Crippen MR) is 65.5 cm³/mol. The SMILES string of the molecule is O=S(=O)(Cc1ccon1)Cc1cccc2c1OC(F)(F)O2. The minimum absolute atomic E-state index is 0.105. The van der Waals surface area contributed by atoms with Crippen LogP contribution >= 0.6 is 0 Å². The van der Waals surface area contributed by atoms with Gasteiger partial charge in [-0.2, -0.15) is 0 Å². The van der Waals surface area contributed by atoms with Crippen molar-refractivity contribution in [2.24, 2.45) is 0 Å². The number of fused-ring (bicyclic) bond motifs is 1. The standard InChI is InChI=1S/C12H9F2NO5S/c13-12(14)19-10-3-1-2-8(11(10)20-12)6-21(16,17)7-9-4-5-18-15-9/h1-5H,6-7H2. The molecule has 1 aliphatic rings. The van der Waals surface area contributed by atoms with E-state index in [9.17, 15) is 17.2 Å². The van der Waals surface area contributed by atoms with Crippen molar-refractivity contribution in [3.63, 3.8) is 0 Å². The van der Waals surface area contributed by atoms with Gasteiger partial charge in [0, 0.05) is 11.6 Å². The third-order valence-electron chi connectivity index (χ3n) is 2.74. The molecule has 0 radical (unpaired) electrons. The highest BCUT2D eigenvalue weighted by Gasteiger charge is 2.44. The van der Waals surface area contributed by atoms with Gasteiger partial charge in [-0.1, -0.05) is 17.3 Å². The largest absolute Gasteiger partial charge is 0.586 e. The molecule has 0 spiro atoms. The smallest absolute Gasteiger partial charge is 0.395 e. The summed E-state index contributed by atoms with van der Waals surface area (Å²) in [5, 5.41) is 3.51. The Morgan fingerprint density at radius 2 is 1.95 bits per heavy atom. The van der Waals surface area contributed by atoms with Crippen molar-refractivity contribution in [3.8, 4) is 11.5 Å². The van der Waals surface area contributed by atoms with E-state index in [4.69, 9.17) is 0 Å². The lowest BCUT2D eigenvalue weighted by molar-refractivity contribution is -0.286. The molecule has 0 fully saturated rings. The van der Waals surface area contributed by atoms with Crippen molar-refractivity contribution in [1.82, 2.24) is 5.16 Å². The minimum atomic E-state index is -3.78. The number of benzene rings is 1. The molecule has 2 aromatic rings. The van der Waals surface area contributed by atoms with Gasteiger partial charge >= 0.3 is 6.29 Å².